The summed E-state index contributed by atoms with van der Waals surface area (Å²) in [5.41, 5.74) is 0.913. The molecule has 0 heterocycles. The average Bonchev–Trinajstić information content (AvgIpc) is 2.46. The number of para-hydroxylation sites is 1. The van der Waals surface area contributed by atoms with Gasteiger partial charge in [0, 0.05) is 5.69 Å². The fourth-order valence-corrected chi connectivity index (χ4v) is 1.77. The highest BCUT2D eigenvalue weighted by Gasteiger charge is 2.14. The molecule has 1 aromatic carbocycles. The molecule has 1 aromatic rings. The van der Waals surface area contributed by atoms with Gasteiger partial charge < -0.3 is 10.1 Å². The lowest BCUT2D eigenvalue weighted by Crippen LogP contribution is -2.28. The molecule has 0 spiro atoms. The number of methoxy groups -OCH3 is 1. The fourth-order valence-electron chi connectivity index (χ4n) is 1.77. The summed E-state index contributed by atoms with van der Waals surface area (Å²) in [5, 5.41) is 3.16. The molecular weight excluding hydrogens is 238 g/mol. The quantitative estimate of drug-likeness (QED) is 0.440. The van der Waals surface area contributed by atoms with Crippen molar-refractivity contribution in [2.24, 2.45) is 0 Å². The first kappa shape index (κ1) is 15.3. The Morgan fingerprint density at radius 2 is 2.05 bits per heavy atom. The Morgan fingerprint density at radius 1 is 1.32 bits per heavy atom. The maximum atomic E-state index is 11.7. The van der Waals surface area contributed by atoms with Crippen molar-refractivity contribution in [1.29, 1.82) is 0 Å². The first-order valence-electron chi connectivity index (χ1n) is 6.84. The summed E-state index contributed by atoms with van der Waals surface area (Å²) >= 11 is 0. The lowest BCUT2D eigenvalue weighted by molar-refractivity contribution is -0.140. The number of allylic oxidation sites excluding steroid dienone is 1. The van der Waals surface area contributed by atoms with Gasteiger partial charge in [0.05, 0.1) is 7.11 Å². The van der Waals surface area contributed by atoms with E-state index >= 15 is 0 Å². The molecule has 0 fully saturated rings. The molecule has 0 saturated carbocycles. The second-order valence-electron chi connectivity index (χ2n) is 4.44. The van der Waals surface area contributed by atoms with Crippen LogP contribution in [-0.2, 0) is 9.53 Å². The monoisotopic (exact) mass is 261 g/mol. The zero-order valence-electron chi connectivity index (χ0n) is 11.8. The van der Waals surface area contributed by atoms with Gasteiger partial charge in [0.1, 0.15) is 6.04 Å². The predicted molar refractivity (Wildman–Crippen MR) is 79.2 cm³/mol. The van der Waals surface area contributed by atoms with E-state index in [1.807, 2.05) is 42.5 Å². The highest BCUT2D eigenvalue weighted by atomic mass is 16.5. The second-order valence-corrected chi connectivity index (χ2v) is 4.44. The topological polar surface area (TPSA) is 38.3 Å². The molecule has 3 heteroatoms. The van der Waals surface area contributed by atoms with Gasteiger partial charge in [0.15, 0.2) is 0 Å². The molecule has 3 nitrogen and oxygen atoms in total. The van der Waals surface area contributed by atoms with E-state index in [2.05, 4.69) is 12.2 Å². The van der Waals surface area contributed by atoms with Crippen molar-refractivity contribution in [3.05, 3.63) is 42.5 Å². The van der Waals surface area contributed by atoms with Gasteiger partial charge in [-0.1, -0.05) is 50.1 Å². The number of rotatable bonds is 8. The molecule has 0 aliphatic carbocycles. The molecule has 0 saturated heterocycles. The third-order valence-electron chi connectivity index (χ3n) is 2.85. The minimum atomic E-state index is -0.422. The smallest absolute Gasteiger partial charge is 0.332 e. The number of carbonyl (C=O) groups excluding carboxylic acids is 1. The Labute approximate surface area is 115 Å². The van der Waals surface area contributed by atoms with Crippen LogP contribution < -0.4 is 5.32 Å². The number of benzene rings is 1. The average molecular weight is 261 g/mol. The number of hydrogen-bond acceptors (Lipinski definition) is 3. The number of nitrogens with one attached hydrogen (secondary N) is 1. The number of hydrogen-bond donors (Lipinski definition) is 1. The van der Waals surface area contributed by atoms with Crippen molar-refractivity contribution in [1.82, 2.24) is 0 Å². The van der Waals surface area contributed by atoms with Gasteiger partial charge in [0.2, 0.25) is 0 Å². The van der Waals surface area contributed by atoms with Crippen LogP contribution in [0.5, 0.6) is 0 Å². The zero-order valence-corrected chi connectivity index (χ0v) is 11.8. The van der Waals surface area contributed by atoms with E-state index < -0.39 is 6.04 Å². The van der Waals surface area contributed by atoms with Crippen molar-refractivity contribution < 1.29 is 9.53 Å². The molecule has 0 bridgehead atoms. The van der Waals surface area contributed by atoms with Crippen LogP contribution in [-0.4, -0.2) is 19.1 Å². The van der Waals surface area contributed by atoms with Gasteiger partial charge in [0.25, 0.3) is 0 Å². The van der Waals surface area contributed by atoms with E-state index in [0.717, 1.165) is 18.5 Å². The summed E-state index contributed by atoms with van der Waals surface area (Å²) in [5.74, 6) is -0.268. The summed E-state index contributed by atoms with van der Waals surface area (Å²) < 4.78 is 4.81. The SMILES string of the molecule is CCCCC/C=C/C(Nc1ccccc1)C(=O)OC. The lowest BCUT2D eigenvalue weighted by Gasteiger charge is -2.14. The molecular formula is C16H23NO2. The van der Waals surface area contributed by atoms with E-state index in [1.54, 1.807) is 0 Å². The normalized spacial score (nSPS) is 12.3. The Balaban J connectivity index is 2.55. The minimum Gasteiger partial charge on any atom is -0.467 e. The summed E-state index contributed by atoms with van der Waals surface area (Å²) in [7, 11) is 1.41. The summed E-state index contributed by atoms with van der Waals surface area (Å²) in [4.78, 5) is 11.7. The number of anilines is 1. The van der Waals surface area contributed by atoms with Crippen LogP contribution in [0.4, 0.5) is 5.69 Å². The maximum absolute atomic E-state index is 11.7. The molecule has 1 atom stereocenters. The van der Waals surface area contributed by atoms with Gasteiger partial charge >= 0.3 is 5.97 Å². The highest BCUT2D eigenvalue weighted by molar-refractivity contribution is 5.81. The molecule has 19 heavy (non-hydrogen) atoms. The van der Waals surface area contributed by atoms with E-state index in [1.165, 1.54) is 20.0 Å². The van der Waals surface area contributed by atoms with Crippen molar-refractivity contribution in [2.75, 3.05) is 12.4 Å². The van der Waals surface area contributed by atoms with Crippen molar-refractivity contribution in [3.63, 3.8) is 0 Å². The lowest BCUT2D eigenvalue weighted by atomic mass is 10.1. The molecule has 104 valence electrons. The first-order valence-corrected chi connectivity index (χ1v) is 6.84. The molecule has 1 unspecified atom stereocenters. The van der Waals surface area contributed by atoms with Crippen molar-refractivity contribution in [3.8, 4) is 0 Å². The van der Waals surface area contributed by atoms with E-state index in [4.69, 9.17) is 4.74 Å². The fraction of sp³-hybridized carbons (Fsp3) is 0.438. The van der Waals surface area contributed by atoms with E-state index in [9.17, 15) is 4.79 Å². The van der Waals surface area contributed by atoms with Crippen molar-refractivity contribution >= 4 is 11.7 Å². The predicted octanol–water partition coefficient (Wildman–Crippen LogP) is 3.78. The molecule has 0 radical (unpaired) electrons. The molecule has 0 aliphatic heterocycles. The number of unbranched alkanes of at least 4 members (excludes halogenated alkanes) is 3. The van der Waals surface area contributed by atoms with Gasteiger partial charge in [-0.15, -0.1) is 0 Å². The van der Waals surface area contributed by atoms with E-state index in [-0.39, 0.29) is 5.97 Å². The third kappa shape index (κ3) is 6.09. The van der Waals surface area contributed by atoms with Crippen LogP contribution in [0.2, 0.25) is 0 Å². The summed E-state index contributed by atoms with van der Waals surface area (Å²) in [6, 6.07) is 9.25. The number of carbonyl (C=O) groups is 1. The molecule has 0 aromatic heterocycles. The van der Waals surface area contributed by atoms with Crippen LogP contribution in [0.3, 0.4) is 0 Å². The Kier molecular flexibility index (Phi) is 7.40. The Morgan fingerprint density at radius 3 is 2.68 bits per heavy atom. The molecule has 0 aliphatic rings. The van der Waals surface area contributed by atoms with Crippen LogP contribution in [0.1, 0.15) is 32.6 Å². The standard InChI is InChI=1S/C16H23NO2/c1-3-4-5-6-10-13-15(16(18)19-2)17-14-11-8-7-9-12-14/h7-13,15,17H,3-6H2,1-2H3/b13-10+. The number of esters is 1. The van der Waals surface area contributed by atoms with Crippen LogP contribution in [0, 0.1) is 0 Å². The van der Waals surface area contributed by atoms with E-state index in [0.29, 0.717) is 0 Å². The van der Waals surface area contributed by atoms with Gasteiger partial charge in [-0.05, 0) is 25.0 Å². The summed E-state index contributed by atoms with van der Waals surface area (Å²) in [6.45, 7) is 2.18. The Bertz CT molecular complexity index is 387. The van der Waals surface area contributed by atoms with Crippen LogP contribution in [0.25, 0.3) is 0 Å². The third-order valence-corrected chi connectivity index (χ3v) is 2.85. The Hall–Kier alpha value is -1.77. The molecule has 0 amide bonds. The number of ether oxygens (including phenoxy) is 1. The van der Waals surface area contributed by atoms with Gasteiger partial charge in [-0.3, -0.25) is 0 Å². The minimum absolute atomic E-state index is 0.268. The highest BCUT2D eigenvalue weighted by Crippen LogP contribution is 2.09. The first-order chi connectivity index (χ1) is 9.27. The van der Waals surface area contributed by atoms with Gasteiger partial charge in [-0.25, -0.2) is 4.79 Å². The van der Waals surface area contributed by atoms with Crippen LogP contribution in [0.15, 0.2) is 42.5 Å². The second kappa shape index (κ2) is 9.20. The summed E-state index contributed by atoms with van der Waals surface area (Å²) in [6.07, 6.45) is 8.52. The zero-order chi connectivity index (χ0) is 13.9. The largest absolute Gasteiger partial charge is 0.467 e. The van der Waals surface area contributed by atoms with Crippen molar-refractivity contribution in [2.45, 2.75) is 38.6 Å². The maximum Gasteiger partial charge on any atom is 0.332 e. The van der Waals surface area contributed by atoms with Gasteiger partial charge in [-0.2, -0.15) is 0 Å². The molecule has 1 rings (SSSR count). The molecule has 1 N–H and O–H groups in total. The van der Waals surface area contributed by atoms with Crippen LogP contribution >= 0.6 is 0 Å².